The summed E-state index contributed by atoms with van der Waals surface area (Å²) < 4.78 is 28.2. The van der Waals surface area contributed by atoms with Crippen molar-refractivity contribution in [2.75, 3.05) is 13.2 Å². The fourth-order valence-electron chi connectivity index (χ4n) is 5.61. The molecule has 0 bridgehead atoms. The summed E-state index contributed by atoms with van der Waals surface area (Å²) in [4.78, 5) is 8.02. The van der Waals surface area contributed by atoms with Crippen molar-refractivity contribution in [2.24, 2.45) is 10.8 Å². The van der Waals surface area contributed by atoms with Gasteiger partial charge in [0.15, 0.2) is 21.9 Å². The maximum absolute atomic E-state index is 13.7. The summed E-state index contributed by atoms with van der Waals surface area (Å²) in [6.07, 6.45) is 9.56. The zero-order valence-electron chi connectivity index (χ0n) is 32.2. The number of aliphatic hydroxyl groups is 2. The number of hydrogen-bond donors (Lipinski definition) is 4. The van der Waals surface area contributed by atoms with Gasteiger partial charge in [-0.1, -0.05) is 83.7 Å². The van der Waals surface area contributed by atoms with Crippen molar-refractivity contribution >= 4 is 36.9 Å². The summed E-state index contributed by atoms with van der Waals surface area (Å²) in [6, 6.07) is 12.5. The van der Waals surface area contributed by atoms with E-state index in [-0.39, 0.29) is 16.6 Å². The van der Waals surface area contributed by atoms with Crippen LogP contribution in [0.15, 0.2) is 65.4 Å². The molecule has 0 radical (unpaired) electrons. The van der Waals surface area contributed by atoms with Gasteiger partial charge in [0.05, 0.1) is 37.5 Å². The molecular formula is C39H58ClFN6O4S2. The van der Waals surface area contributed by atoms with Crippen molar-refractivity contribution in [3.05, 3.63) is 71.5 Å². The average Bonchev–Trinajstić information content (AvgIpc) is 3.67. The maximum atomic E-state index is 13.7. The summed E-state index contributed by atoms with van der Waals surface area (Å²) in [7, 11) is 0. The highest BCUT2D eigenvalue weighted by Crippen LogP contribution is 2.38. The molecule has 0 spiro atoms. The van der Waals surface area contributed by atoms with Gasteiger partial charge >= 0.3 is 0 Å². The summed E-state index contributed by atoms with van der Waals surface area (Å²) in [5.41, 5.74) is -1.17. The molecule has 0 saturated carbocycles. The number of aryl methyl sites for hydroxylation is 1. The smallest absolute Gasteiger partial charge is 0.183 e. The van der Waals surface area contributed by atoms with E-state index in [0.29, 0.717) is 54.5 Å². The third-order valence-corrected chi connectivity index (χ3v) is 10.6. The van der Waals surface area contributed by atoms with Crippen molar-refractivity contribution in [3.63, 3.8) is 0 Å². The van der Waals surface area contributed by atoms with E-state index in [4.69, 9.17) is 21.1 Å². The number of aromatic nitrogens is 6. The van der Waals surface area contributed by atoms with Crippen molar-refractivity contribution in [1.29, 1.82) is 0 Å². The van der Waals surface area contributed by atoms with Crippen molar-refractivity contribution in [2.45, 2.75) is 134 Å². The van der Waals surface area contributed by atoms with Gasteiger partial charge in [-0.2, -0.15) is 10.2 Å². The van der Waals surface area contributed by atoms with Gasteiger partial charge in [-0.05, 0) is 86.6 Å². The Morgan fingerprint density at radius 1 is 0.698 bits per heavy atom. The Morgan fingerprint density at radius 3 is 1.58 bits per heavy atom. The van der Waals surface area contributed by atoms with Crippen LogP contribution in [0.2, 0.25) is 5.02 Å². The maximum Gasteiger partial charge on any atom is 0.183 e. The molecule has 0 aliphatic carbocycles. The van der Waals surface area contributed by atoms with Crippen LogP contribution < -0.4 is 9.47 Å². The van der Waals surface area contributed by atoms with Gasteiger partial charge in [-0.3, -0.25) is 0 Å². The van der Waals surface area contributed by atoms with Gasteiger partial charge in [-0.25, -0.2) is 23.7 Å². The number of thiol groups is 2. The highest BCUT2D eigenvalue weighted by molar-refractivity contribution is 7.80. The fraction of sp³-hybridized carbons (Fsp3) is 0.590. The minimum atomic E-state index is -0.943. The molecule has 4 aromatic rings. The Bertz CT molecular complexity index is 1680. The molecule has 0 aliphatic heterocycles. The summed E-state index contributed by atoms with van der Waals surface area (Å²) in [5.74, 6) is 0.660. The predicted octanol–water partition coefficient (Wildman–Crippen LogP) is 9.07. The second-order valence-corrected chi connectivity index (χ2v) is 16.9. The lowest BCUT2D eigenvalue weighted by molar-refractivity contribution is -0.0832. The molecule has 2 aromatic carbocycles. The molecule has 2 unspecified atom stereocenters. The molecular weight excluding hydrogens is 735 g/mol. The van der Waals surface area contributed by atoms with Crippen LogP contribution in [-0.4, -0.2) is 64.2 Å². The standard InChI is InChI=1S/C20H31N3O2S.C19H27ClFN3O2S/c1-16-8-10-17(11-9-16)25-13-7-5-6-12-20(24,19(2,3)4)14-23-18(26)21-15-22-23;1-18(2,3)19(25,12-24-17(27)22-13-23-24)9-5-4-6-10-26-16-8-7-14(20)11-15(16)21/h8-11,15,24H,5-7,12-14H2,1-4H3,(H,21,22,26);7-8,11,13,25H,4-6,9-10,12H2,1-3H3,(H,22,23,27). The lowest BCUT2D eigenvalue weighted by Crippen LogP contribution is -2.46. The van der Waals surface area contributed by atoms with Gasteiger partial charge < -0.3 is 19.7 Å². The molecule has 2 atom stereocenters. The number of rotatable bonds is 18. The van der Waals surface area contributed by atoms with Crippen molar-refractivity contribution < 1.29 is 24.1 Å². The van der Waals surface area contributed by atoms with Gasteiger partial charge in [0, 0.05) is 5.02 Å². The van der Waals surface area contributed by atoms with Gasteiger partial charge in [0.25, 0.3) is 0 Å². The number of halogens is 2. The van der Waals surface area contributed by atoms with E-state index in [0.717, 1.165) is 44.3 Å². The van der Waals surface area contributed by atoms with E-state index < -0.39 is 17.0 Å². The molecule has 0 saturated heterocycles. The van der Waals surface area contributed by atoms with Crippen LogP contribution in [0.3, 0.4) is 0 Å². The van der Waals surface area contributed by atoms with E-state index >= 15 is 0 Å². The number of nitrogens with zero attached hydrogens (tertiary/aromatic N) is 6. The van der Waals surface area contributed by atoms with Crippen LogP contribution in [0, 0.1) is 23.6 Å². The largest absolute Gasteiger partial charge is 0.494 e. The predicted molar refractivity (Wildman–Crippen MR) is 214 cm³/mol. The lowest BCUT2D eigenvalue weighted by Gasteiger charge is -2.40. The van der Waals surface area contributed by atoms with Crippen molar-refractivity contribution in [3.8, 4) is 11.5 Å². The second-order valence-electron chi connectivity index (χ2n) is 15.7. The normalized spacial score (nSPS) is 14.2. The average molecular weight is 794 g/mol. The first-order chi connectivity index (χ1) is 24.8. The number of ether oxygens (including phenoxy) is 2. The van der Waals surface area contributed by atoms with Crippen LogP contribution in [0.25, 0.3) is 0 Å². The topological polar surface area (TPSA) is 120 Å². The second kappa shape index (κ2) is 20.2. The molecule has 14 heteroatoms. The molecule has 0 fully saturated rings. The highest BCUT2D eigenvalue weighted by Gasteiger charge is 2.41. The summed E-state index contributed by atoms with van der Waals surface area (Å²) in [5, 5.41) is 32.1. The number of hydrogen-bond acceptors (Lipinski definition) is 10. The Labute approximate surface area is 330 Å². The Hall–Kier alpha value is -2.84. The third-order valence-electron chi connectivity index (χ3n) is 9.72. The first-order valence-electron chi connectivity index (χ1n) is 18.2. The van der Waals surface area contributed by atoms with E-state index in [1.165, 1.54) is 30.4 Å². The molecule has 2 aromatic heterocycles. The zero-order chi connectivity index (χ0) is 39.3. The molecule has 0 aliphatic rings. The van der Waals surface area contributed by atoms with Crippen LogP contribution >= 0.6 is 36.9 Å². The fourth-order valence-corrected chi connectivity index (χ4v) is 6.12. The van der Waals surface area contributed by atoms with Crippen LogP contribution in [0.4, 0.5) is 4.39 Å². The Kier molecular flexibility index (Phi) is 17.0. The molecule has 0 amide bonds. The molecule has 10 nitrogen and oxygen atoms in total. The van der Waals surface area contributed by atoms with Crippen LogP contribution in [0.1, 0.15) is 98.5 Å². The summed E-state index contributed by atoms with van der Waals surface area (Å²) in [6.45, 7) is 16.1. The highest BCUT2D eigenvalue weighted by atomic mass is 35.5. The molecule has 4 rings (SSSR count). The van der Waals surface area contributed by atoms with Gasteiger partial charge in [0.2, 0.25) is 0 Å². The SMILES string of the molecule is CC(C)(C)C(O)(CCCCCOc1ccc(Cl)cc1F)Cn1ncnc1S.Cc1ccc(OCCCCCC(O)(Cn2ncnc2S)C(C)(C)C)cc1. The van der Waals surface area contributed by atoms with E-state index in [1.807, 2.05) is 32.9 Å². The van der Waals surface area contributed by atoms with Gasteiger partial charge in [0.1, 0.15) is 18.4 Å². The van der Waals surface area contributed by atoms with E-state index in [2.05, 4.69) is 85.3 Å². The monoisotopic (exact) mass is 792 g/mol. The quantitative estimate of drug-likeness (QED) is 0.0582. The van der Waals surface area contributed by atoms with Gasteiger partial charge in [-0.15, -0.1) is 25.3 Å². The van der Waals surface area contributed by atoms with Crippen LogP contribution in [-0.2, 0) is 13.1 Å². The first-order valence-corrected chi connectivity index (χ1v) is 19.5. The minimum Gasteiger partial charge on any atom is -0.494 e. The Morgan fingerprint density at radius 2 is 1.17 bits per heavy atom. The molecule has 294 valence electrons. The number of benzene rings is 2. The molecule has 2 N–H and O–H groups in total. The zero-order valence-corrected chi connectivity index (χ0v) is 34.8. The minimum absolute atomic E-state index is 0.207. The van der Waals surface area contributed by atoms with E-state index in [9.17, 15) is 14.6 Å². The number of unbranched alkanes of at least 4 members (excludes halogenated alkanes) is 4. The molecule has 53 heavy (non-hydrogen) atoms. The van der Waals surface area contributed by atoms with Crippen molar-refractivity contribution in [1.82, 2.24) is 29.5 Å². The lowest BCUT2D eigenvalue weighted by atomic mass is 9.73. The molecule has 2 heterocycles. The summed E-state index contributed by atoms with van der Waals surface area (Å²) >= 11 is 14.3. The third kappa shape index (κ3) is 14.1. The Balaban J connectivity index is 0.000000286. The van der Waals surface area contributed by atoms with E-state index in [1.54, 1.807) is 15.4 Å². The first kappa shape index (κ1) is 44.6. The van der Waals surface area contributed by atoms with Crippen LogP contribution in [0.5, 0.6) is 11.5 Å².